The molecule has 1 N–H and O–H groups in total. The summed E-state index contributed by atoms with van der Waals surface area (Å²) in [6.45, 7) is 0.467. The average Bonchev–Trinajstić information content (AvgIpc) is 3.15. The Morgan fingerprint density at radius 1 is 1.17 bits per heavy atom. The monoisotopic (exact) mass is 307 g/mol. The molecule has 0 saturated heterocycles. The molecule has 0 fully saturated rings. The van der Waals surface area contributed by atoms with Crippen molar-refractivity contribution in [2.24, 2.45) is 0 Å². The van der Waals surface area contributed by atoms with Gasteiger partial charge in [0.05, 0.1) is 12.8 Å². The zero-order valence-electron chi connectivity index (χ0n) is 12.8. The van der Waals surface area contributed by atoms with E-state index in [4.69, 9.17) is 4.74 Å². The van der Waals surface area contributed by atoms with E-state index >= 15 is 0 Å². The van der Waals surface area contributed by atoms with Gasteiger partial charge in [-0.15, -0.1) is 0 Å². The van der Waals surface area contributed by atoms with Crippen LogP contribution in [0.3, 0.4) is 0 Å². The van der Waals surface area contributed by atoms with Crippen LogP contribution >= 0.6 is 0 Å². The van der Waals surface area contributed by atoms with Gasteiger partial charge in [0.2, 0.25) is 0 Å². The lowest BCUT2D eigenvalue weighted by atomic mass is 10.1. The molecule has 0 bridgehead atoms. The molecule has 0 aliphatic heterocycles. The van der Waals surface area contributed by atoms with Crippen molar-refractivity contribution in [1.29, 1.82) is 0 Å². The summed E-state index contributed by atoms with van der Waals surface area (Å²) in [6, 6.07) is 16.8. The summed E-state index contributed by atoms with van der Waals surface area (Å²) >= 11 is 0. The van der Waals surface area contributed by atoms with Gasteiger partial charge in [0.1, 0.15) is 5.75 Å². The molecule has 0 aliphatic rings. The van der Waals surface area contributed by atoms with E-state index in [-0.39, 0.29) is 5.91 Å². The third kappa shape index (κ3) is 3.58. The van der Waals surface area contributed by atoms with E-state index < -0.39 is 0 Å². The average molecular weight is 307 g/mol. The topological polar surface area (TPSA) is 56.1 Å². The van der Waals surface area contributed by atoms with Crippen LogP contribution in [-0.4, -0.2) is 22.8 Å². The van der Waals surface area contributed by atoms with E-state index in [9.17, 15) is 4.79 Å². The predicted molar refractivity (Wildman–Crippen MR) is 87.7 cm³/mol. The molecule has 116 valence electrons. The van der Waals surface area contributed by atoms with Gasteiger partial charge in [-0.2, -0.15) is 5.10 Å². The van der Waals surface area contributed by atoms with Crippen LogP contribution in [0.5, 0.6) is 5.75 Å². The molecule has 0 unspecified atom stereocenters. The smallest absolute Gasteiger partial charge is 0.251 e. The number of rotatable bonds is 5. The first-order chi connectivity index (χ1) is 11.3. The molecule has 2 aromatic carbocycles. The Morgan fingerprint density at radius 3 is 2.70 bits per heavy atom. The van der Waals surface area contributed by atoms with E-state index in [0.717, 1.165) is 17.0 Å². The van der Waals surface area contributed by atoms with Gasteiger partial charge in [-0.05, 0) is 42.0 Å². The van der Waals surface area contributed by atoms with E-state index in [2.05, 4.69) is 10.4 Å². The van der Waals surface area contributed by atoms with Crippen LogP contribution in [0.4, 0.5) is 0 Å². The second kappa shape index (κ2) is 6.79. The van der Waals surface area contributed by atoms with Crippen molar-refractivity contribution in [3.63, 3.8) is 0 Å². The highest BCUT2D eigenvalue weighted by Crippen LogP contribution is 2.12. The molecule has 1 heterocycles. The van der Waals surface area contributed by atoms with Gasteiger partial charge >= 0.3 is 0 Å². The number of nitrogens with zero attached hydrogens (tertiary/aromatic N) is 2. The molecular weight excluding hydrogens is 290 g/mol. The van der Waals surface area contributed by atoms with E-state index in [1.807, 2.05) is 54.7 Å². The second-order valence-electron chi connectivity index (χ2n) is 5.03. The minimum absolute atomic E-state index is 0.116. The van der Waals surface area contributed by atoms with Crippen molar-refractivity contribution < 1.29 is 9.53 Å². The minimum Gasteiger partial charge on any atom is -0.497 e. The molecule has 1 amide bonds. The summed E-state index contributed by atoms with van der Waals surface area (Å²) in [5, 5.41) is 7.09. The quantitative estimate of drug-likeness (QED) is 0.788. The maximum absolute atomic E-state index is 12.3. The number of amides is 1. The fourth-order valence-electron chi connectivity index (χ4n) is 2.24. The molecule has 23 heavy (non-hydrogen) atoms. The molecule has 0 radical (unpaired) electrons. The number of carbonyl (C=O) groups excluding carboxylic acids is 1. The first-order valence-corrected chi connectivity index (χ1v) is 7.27. The zero-order chi connectivity index (χ0) is 16.1. The lowest BCUT2D eigenvalue weighted by molar-refractivity contribution is 0.0951. The fraction of sp³-hybridized carbons (Fsp3) is 0.111. The number of hydrogen-bond donors (Lipinski definition) is 1. The fourth-order valence-corrected chi connectivity index (χ4v) is 2.24. The van der Waals surface area contributed by atoms with Gasteiger partial charge in [0.15, 0.2) is 0 Å². The summed E-state index contributed by atoms with van der Waals surface area (Å²) < 4.78 is 6.84. The van der Waals surface area contributed by atoms with Gasteiger partial charge in [-0.25, -0.2) is 4.68 Å². The largest absolute Gasteiger partial charge is 0.497 e. The van der Waals surface area contributed by atoms with Crippen LogP contribution in [0.15, 0.2) is 67.0 Å². The summed E-state index contributed by atoms with van der Waals surface area (Å²) in [5.41, 5.74) is 2.47. The van der Waals surface area contributed by atoms with Gasteiger partial charge in [0, 0.05) is 24.5 Å². The van der Waals surface area contributed by atoms with Gasteiger partial charge in [0.25, 0.3) is 5.91 Å². The summed E-state index contributed by atoms with van der Waals surface area (Å²) in [4.78, 5) is 12.3. The normalized spacial score (nSPS) is 10.3. The molecule has 0 spiro atoms. The van der Waals surface area contributed by atoms with Gasteiger partial charge in [-0.3, -0.25) is 4.79 Å². The number of methoxy groups -OCH3 is 1. The maximum Gasteiger partial charge on any atom is 0.251 e. The first kappa shape index (κ1) is 14.8. The van der Waals surface area contributed by atoms with Crippen molar-refractivity contribution in [3.05, 3.63) is 78.1 Å². The molecule has 0 atom stereocenters. The number of ether oxygens (including phenoxy) is 1. The Bertz CT molecular complexity index is 780. The molecular formula is C18H17N3O2. The summed E-state index contributed by atoms with van der Waals surface area (Å²) in [6.07, 6.45) is 3.55. The van der Waals surface area contributed by atoms with Crippen molar-refractivity contribution in [3.8, 4) is 11.4 Å². The van der Waals surface area contributed by atoms with Crippen molar-refractivity contribution in [2.45, 2.75) is 6.54 Å². The van der Waals surface area contributed by atoms with E-state index in [1.54, 1.807) is 24.1 Å². The highest BCUT2D eigenvalue weighted by Gasteiger charge is 2.07. The lowest BCUT2D eigenvalue weighted by Gasteiger charge is -2.08. The molecule has 0 aliphatic carbocycles. The molecule has 0 saturated carbocycles. The highest BCUT2D eigenvalue weighted by molar-refractivity contribution is 5.94. The third-order valence-electron chi connectivity index (χ3n) is 3.49. The number of benzene rings is 2. The molecule has 3 aromatic rings. The molecule has 5 heteroatoms. The van der Waals surface area contributed by atoms with Crippen LogP contribution in [0.1, 0.15) is 15.9 Å². The van der Waals surface area contributed by atoms with Crippen LogP contribution in [-0.2, 0) is 6.54 Å². The second-order valence-corrected chi connectivity index (χ2v) is 5.03. The lowest BCUT2D eigenvalue weighted by Crippen LogP contribution is -2.22. The Hall–Kier alpha value is -3.08. The van der Waals surface area contributed by atoms with Crippen molar-refractivity contribution in [1.82, 2.24) is 15.1 Å². The van der Waals surface area contributed by atoms with Crippen LogP contribution < -0.4 is 10.1 Å². The first-order valence-electron chi connectivity index (χ1n) is 7.27. The number of aromatic nitrogens is 2. The standard InChI is InChI=1S/C18H17N3O2/c1-23-17-8-6-14(7-9-17)13-19-18(22)15-4-2-5-16(12-15)21-11-3-10-20-21/h2-12H,13H2,1H3,(H,19,22). The van der Waals surface area contributed by atoms with Crippen LogP contribution in [0, 0.1) is 0 Å². The SMILES string of the molecule is COc1ccc(CNC(=O)c2cccc(-n3cccn3)c2)cc1. The van der Waals surface area contributed by atoms with Crippen molar-refractivity contribution >= 4 is 5.91 Å². The Kier molecular flexibility index (Phi) is 4.38. The van der Waals surface area contributed by atoms with Gasteiger partial charge in [-0.1, -0.05) is 18.2 Å². The molecule has 1 aromatic heterocycles. The summed E-state index contributed by atoms with van der Waals surface area (Å²) in [5.74, 6) is 0.682. The highest BCUT2D eigenvalue weighted by atomic mass is 16.5. The Balaban J connectivity index is 1.67. The van der Waals surface area contributed by atoms with Crippen molar-refractivity contribution in [2.75, 3.05) is 7.11 Å². The van der Waals surface area contributed by atoms with Crippen LogP contribution in [0.25, 0.3) is 5.69 Å². The van der Waals surface area contributed by atoms with Gasteiger partial charge < -0.3 is 10.1 Å². The Labute approximate surface area is 134 Å². The van der Waals surface area contributed by atoms with E-state index in [1.165, 1.54) is 0 Å². The number of nitrogens with one attached hydrogen (secondary N) is 1. The van der Waals surface area contributed by atoms with Crippen LogP contribution in [0.2, 0.25) is 0 Å². The zero-order valence-corrected chi connectivity index (χ0v) is 12.8. The third-order valence-corrected chi connectivity index (χ3v) is 3.49. The molecule has 3 rings (SSSR count). The minimum atomic E-state index is -0.116. The predicted octanol–water partition coefficient (Wildman–Crippen LogP) is 2.81. The van der Waals surface area contributed by atoms with E-state index in [0.29, 0.717) is 12.1 Å². The molecule has 5 nitrogen and oxygen atoms in total. The Morgan fingerprint density at radius 2 is 2.00 bits per heavy atom. The number of hydrogen-bond acceptors (Lipinski definition) is 3. The number of carbonyl (C=O) groups is 1. The maximum atomic E-state index is 12.3. The summed E-state index contributed by atoms with van der Waals surface area (Å²) in [7, 11) is 1.63.